The van der Waals surface area contributed by atoms with Gasteiger partial charge in [0.1, 0.15) is 6.04 Å². The van der Waals surface area contributed by atoms with Crippen LogP contribution in [-0.4, -0.2) is 35.1 Å². The molecule has 2 rings (SSSR count). The molecule has 0 spiro atoms. The van der Waals surface area contributed by atoms with E-state index in [1.54, 1.807) is 0 Å². The first-order valence-electron chi connectivity index (χ1n) is 7.00. The average molecular weight is 297 g/mol. The molecule has 1 fully saturated rings. The fraction of sp³-hybridized carbons (Fsp3) is 0.533. The van der Waals surface area contributed by atoms with E-state index in [1.807, 2.05) is 18.2 Å². The van der Waals surface area contributed by atoms with Gasteiger partial charge in [-0.05, 0) is 56.0 Å². The second-order valence-corrected chi connectivity index (χ2v) is 5.97. The lowest BCUT2D eigenvalue weighted by molar-refractivity contribution is -0.139. The largest absolute Gasteiger partial charge is 0.480 e. The van der Waals surface area contributed by atoms with Crippen LogP contribution >= 0.6 is 11.6 Å². The van der Waals surface area contributed by atoms with E-state index in [9.17, 15) is 4.79 Å². The summed E-state index contributed by atoms with van der Waals surface area (Å²) in [4.78, 5) is 13.1. The Bertz CT molecular complexity index is 459. The molecule has 0 bridgehead atoms. The van der Waals surface area contributed by atoms with Crippen molar-refractivity contribution in [3.8, 4) is 0 Å². The molecule has 3 N–H and O–H groups in total. The average Bonchev–Trinajstić information content (AvgIpc) is 2.41. The van der Waals surface area contributed by atoms with Crippen molar-refractivity contribution in [1.29, 1.82) is 0 Å². The third-order valence-electron chi connectivity index (χ3n) is 3.91. The molecule has 110 valence electrons. The van der Waals surface area contributed by atoms with Crippen molar-refractivity contribution in [2.75, 3.05) is 13.1 Å². The SMILES string of the molecule is NC(CC1CCN(Cc2cccc(Cl)c2)CC1)C(=O)O. The van der Waals surface area contributed by atoms with Crippen LogP contribution in [0.15, 0.2) is 24.3 Å². The number of carbonyl (C=O) groups is 1. The van der Waals surface area contributed by atoms with E-state index in [-0.39, 0.29) is 0 Å². The maximum Gasteiger partial charge on any atom is 0.320 e. The highest BCUT2D eigenvalue weighted by molar-refractivity contribution is 6.30. The topological polar surface area (TPSA) is 66.6 Å². The number of benzene rings is 1. The lowest BCUT2D eigenvalue weighted by Gasteiger charge is -2.32. The second kappa shape index (κ2) is 7.07. The van der Waals surface area contributed by atoms with E-state index >= 15 is 0 Å². The van der Waals surface area contributed by atoms with Gasteiger partial charge < -0.3 is 10.8 Å². The van der Waals surface area contributed by atoms with Crippen LogP contribution in [0.1, 0.15) is 24.8 Å². The van der Waals surface area contributed by atoms with Gasteiger partial charge in [-0.3, -0.25) is 9.69 Å². The highest BCUT2D eigenvalue weighted by Gasteiger charge is 2.23. The Morgan fingerprint density at radius 2 is 2.15 bits per heavy atom. The summed E-state index contributed by atoms with van der Waals surface area (Å²) in [6.07, 6.45) is 2.61. The van der Waals surface area contributed by atoms with Gasteiger partial charge in [0.05, 0.1) is 0 Å². The van der Waals surface area contributed by atoms with Crippen LogP contribution in [-0.2, 0) is 11.3 Å². The number of nitrogens with zero attached hydrogens (tertiary/aromatic N) is 1. The summed E-state index contributed by atoms with van der Waals surface area (Å²) in [5.41, 5.74) is 6.81. The number of rotatable bonds is 5. The summed E-state index contributed by atoms with van der Waals surface area (Å²) in [7, 11) is 0. The van der Waals surface area contributed by atoms with Crippen molar-refractivity contribution in [3.05, 3.63) is 34.9 Å². The van der Waals surface area contributed by atoms with Crippen molar-refractivity contribution < 1.29 is 9.90 Å². The van der Waals surface area contributed by atoms with E-state index in [0.29, 0.717) is 12.3 Å². The van der Waals surface area contributed by atoms with Crippen LogP contribution in [0.25, 0.3) is 0 Å². The molecular weight excluding hydrogens is 276 g/mol. The van der Waals surface area contributed by atoms with Crippen LogP contribution < -0.4 is 5.73 Å². The molecule has 4 nitrogen and oxygen atoms in total. The first kappa shape index (κ1) is 15.3. The van der Waals surface area contributed by atoms with E-state index in [4.69, 9.17) is 22.4 Å². The molecule has 0 aromatic heterocycles. The summed E-state index contributed by atoms with van der Waals surface area (Å²) >= 11 is 5.98. The minimum absolute atomic E-state index is 0.428. The summed E-state index contributed by atoms with van der Waals surface area (Å²) in [5, 5.41) is 9.61. The van der Waals surface area contributed by atoms with Crippen molar-refractivity contribution >= 4 is 17.6 Å². The first-order valence-corrected chi connectivity index (χ1v) is 7.37. The van der Waals surface area contributed by atoms with Crippen LogP contribution in [0.4, 0.5) is 0 Å². The van der Waals surface area contributed by atoms with Gasteiger partial charge >= 0.3 is 5.97 Å². The highest BCUT2D eigenvalue weighted by Crippen LogP contribution is 2.23. The summed E-state index contributed by atoms with van der Waals surface area (Å²) in [6, 6.07) is 7.20. The number of aliphatic carboxylic acids is 1. The summed E-state index contributed by atoms with van der Waals surface area (Å²) < 4.78 is 0. The fourth-order valence-corrected chi connectivity index (χ4v) is 2.95. The molecule has 0 radical (unpaired) electrons. The molecule has 1 unspecified atom stereocenters. The molecule has 1 atom stereocenters. The maximum absolute atomic E-state index is 10.8. The molecule has 0 aliphatic carbocycles. The van der Waals surface area contributed by atoms with Crippen LogP contribution in [0.3, 0.4) is 0 Å². The molecule has 5 heteroatoms. The Hall–Kier alpha value is -1.10. The maximum atomic E-state index is 10.8. The van der Waals surface area contributed by atoms with Crippen molar-refractivity contribution in [2.24, 2.45) is 11.7 Å². The third-order valence-corrected chi connectivity index (χ3v) is 4.14. The van der Waals surface area contributed by atoms with Gasteiger partial charge in [0.15, 0.2) is 0 Å². The standard InChI is InChI=1S/C15H21ClN2O2/c16-13-3-1-2-12(8-13)10-18-6-4-11(5-7-18)9-14(17)15(19)20/h1-3,8,11,14H,4-7,9-10,17H2,(H,19,20). The number of likely N-dealkylation sites (tertiary alicyclic amines) is 1. The molecule has 1 heterocycles. The van der Waals surface area contributed by atoms with Crippen molar-refractivity contribution in [2.45, 2.75) is 31.8 Å². The fourth-order valence-electron chi connectivity index (χ4n) is 2.73. The number of piperidine rings is 1. The zero-order valence-electron chi connectivity index (χ0n) is 11.5. The number of carboxylic acids is 1. The Balaban J connectivity index is 1.78. The van der Waals surface area contributed by atoms with Gasteiger partial charge in [0.2, 0.25) is 0 Å². The lowest BCUT2D eigenvalue weighted by Crippen LogP contribution is -2.38. The molecule has 1 aromatic carbocycles. The quantitative estimate of drug-likeness (QED) is 0.875. The monoisotopic (exact) mass is 296 g/mol. The minimum Gasteiger partial charge on any atom is -0.480 e. The molecule has 0 amide bonds. The molecule has 1 saturated heterocycles. The normalized spacial score (nSPS) is 18.9. The molecule has 0 saturated carbocycles. The Kier molecular flexibility index (Phi) is 5.40. The van der Waals surface area contributed by atoms with Gasteiger partial charge in [-0.15, -0.1) is 0 Å². The highest BCUT2D eigenvalue weighted by atomic mass is 35.5. The predicted molar refractivity (Wildman–Crippen MR) is 79.7 cm³/mol. The van der Waals surface area contributed by atoms with Crippen LogP contribution in [0, 0.1) is 5.92 Å². The Morgan fingerprint density at radius 3 is 2.75 bits per heavy atom. The van der Waals surface area contributed by atoms with Crippen LogP contribution in [0.5, 0.6) is 0 Å². The third kappa shape index (κ3) is 4.47. The predicted octanol–water partition coefficient (Wildman–Crippen LogP) is 2.35. The van der Waals surface area contributed by atoms with E-state index in [2.05, 4.69) is 11.0 Å². The van der Waals surface area contributed by atoms with Gasteiger partial charge in [0, 0.05) is 11.6 Å². The van der Waals surface area contributed by atoms with E-state index < -0.39 is 12.0 Å². The zero-order valence-corrected chi connectivity index (χ0v) is 12.2. The van der Waals surface area contributed by atoms with Crippen molar-refractivity contribution in [1.82, 2.24) is 4.90 Å². The Morgan fingerprint density at radius 1 is 1.45 bits per heavy atom. The summed E-state index contributed by atoms with van der Waals surface area (Å²) in [5.74, 6) is -0.469. The van der Waals surface area contributed by atoms with E-state index in [1.165, 1.54) is 5.56 Å². The van der Waals surface area contributed by atoms with Crippen molar-refractivity contribution in [3.63, 3.8) is 0 Å². The number of halogens is 1. The molecule has 1 aliphatic rings. The van der Waals surface area contributed by atoms with Gasteiger partial charge in [-0.2, -0.15) is 0 Å². The first-order chi connectivity index (χ1) is 9.54. The number of hydrogen-bond acceptors (Lipinski definition) is 3. The van der Waals surface area contributed by atoms with Crippen LogP contribution in [0.2, 0.25) is 5.02 Å². The number of nitrogens with two attached hydrogens (primary N) is 1. The number of hydrogen-bond donors (Lipinski definition) is 2. The molecule has 20 heavy (non-hydrogen) atoms. The lowest BCUT2D eigenvalue weighted by atomic mass is 9.90. The number of carboxylic acid groups (broad SMARTS) is 1. The molecule has 1 aromatic rings. The van der Waals surface area contributed by atoms with Gasteiger partial charge in [-0.1, -0.05) is 23.7 Å². The second-order valence-electron chi connectivity index (χ2n) is 5.53. The Labute approximate surface area is 124 Å². The van der Waals surface area contributed by atoms with Gasteiger partial charge in [0.25, 0.3) is 0 Å². The van der Waals surface area contributed by atoms with Gasteiger partial charge in [-0.25, -0.2) is 0 Å². The zero-order chi connectivity index (χ0) is 14.5. The molecular formula is C15H21ClN2O2. The summed E-state index contributed by atoms with van der Waals surface area (Å²) in [6.45, 7) is 2.88. The minimum atomic E-state index is -0.897. The van der Waals surface area contributed by atoms with E-state index in [0.717, 1.165) is 37.5 Å². The smallest absolute Gasteiger partial charge is 0.320 e. The molecule has 1 aliphatic heterocycles.